The topological polar surface area (TPSA) is 55.8 Å². The Labute approximate surface area is 128 Å². The normalized spacial score (nSPS) is 13.7. The molecule has 0 heterocycles. The molecule has 1 aromatic rings. The van der Waals surface area contributed by atoms with Crippen molar-refractivity contribution in [2.45, 2.75) is 51.4 Å². The molecule has 1 atom stereocenters. The fourth-order valence-electron chi connectivity index (χ4n) is 1.58. The molecular formula is C16H26O4Si. The first-order chi connectivity index (χ1) is 9.56. The van der Waals surface area contributed by atoms with E-state index in [1.165, 1.54) is 7.11 Å². The monoisotopic (exact) mass is 310 g/mol. The van der Waals surface area contributed by atoms with Crippen molar-refractivity contribution in [3.05, 3.63) is 29.8 Å². The lowest BCUT2D eigenvalue weighted by Gasteiger charge is -2.36. The van der Waals surface area contributed by atoms with Crippen LogP contribution in [0.2, 0.25) is 18.1 Å². The average molecular weight is 310 g/mol. The molecule has 0 aliphatic carbocycles. The molecule has 0 fully saturated rings. The van der Waals surface area contributed by atoms with Crippen LogP contribution in [0.4, 0.5) is 0 Å². The van der Waals surface area contributed by atoms with Gasteiger partial charge in [-0.2, -0.15) is 0 Å². The van der Waals surface area contributed by atoms with Gasteiger partial charge in [0.2, 0.25) is 8.32 Å². The summed E-state index contributed by atoms with van der Waals surface area (Å²) in [6.07, 6.45) is -0.880. The third-order valence-corrected chi connectivity index (χ3v) is 8.36. The molecule has 21 heavy (non-hydrogen) atoms. The van der Waals surface area contributed by atoms with E-state index in [2.05, 4.69) is 38.6 Å². The average Bonchev–Trinajstić information content (AvgIpc) is 2.38. The van der Waals surface area contributed by atoms with E-state index < -0.39 is 20.4 Å². The lowest BCUT2D eigenvalue weighted by molar-refractivity contribution is -0.150. The van der Waals surface area contributed by atoms with Crippen molar-refractivity contribution in [1.29, 1.82) is 0 Å². The van der Waals surface area contributed by atoms with Crippen LogP contribution in [0, 0.1) is 0 Å². The van der Waals surface area contributed by atoms with Crippen LogP contribution in [0.3, 0.4) is 0 Å². The minimum atomic E-state index is -1.84. The first kappa shape index (κ1) is 17.7. The van der Waals surface area contributed by atoms with Crippen LogP contribution >= 0.6 is 0 Å². The summed E-state index contributed by atoms with van der Waals surface area (Å²) in [5.74, 6) is 0.217. The second kappa shape index (κ2) is 6.62. The van der Waals surface area contributed by atoms with Gasteiger partial charge < -0.3 is 14.3 Å². The summed E-state index contributed by atoms with van der Waals surface area (Å²) < 4.78 is 10.7. The van der Waals surface area contributed by atoms with Crippen molar-refractivity contribution in [3.8, 4) is 5.75 Å². The van der Waals surface area contributed by atoms with Gasteiger partial charge >= 0.3 is 5.97 Å². The maximum atomic E-state index is 11.2. The SMILES string of the molecule is COC(=O)C(O)Cc1ccc(O[Si](C)(C)C(C)(C)C)cc1. The van der Waals surface area contributed by atoms with E-state index in [4.69, 9.17) is 4.43 Å². The second-order valence-electron chi connectivity index (χ2n) is 6.75. The van der Waals surface area contributed by atoms with Crippen molar-refractivity contribution in [2.24, 2.45) is 0 Å². The summed E-state index contributed by atoms with van der Waals surface area (Å²) in [5.41, 5.74) is 0.871. The number of carbonyl (C=O) groups excluding carboxylic acids is 1. The third kappa shape index (κ3) is 4.86. The molecule has 0 bridgehead atoms. The minimum Gasteiger partial charge on any atom is -0.544 e. The Morgan fingerprint density at radius 1 is 1.24 bits per heavy atom. The molecule has 4 nitrogen and oxygen atoms in total. The summed E-state index contributed by atoms with van der Waals surface area (Å²) in [6.45, 7) is 11.0. The van der Waals surface area contributed by atoms with Crippen LogP contribution < -0.4 is 4.43 Å². The van der Waals surface area contributed by atoms with Crippen molar-refractivity contribution in [1.82, 2.24) is 0 Å². The number of hydrogen-bond donors (Lipinski definition) is 1. The maximum Gasteiger partial charge on any atom is 0.335 e. The van der Waals surface area contributed by atoms with Crippen molar-refractivity contribution in [3.63, 3.8) is 0 Å². The van der Waals surface area contributed by atoms with Gasteiger partial charge in [0.25, 0.3) is 0 Å². The van der Waals surface area contributed by atoms with E-state index >= 15 is 0 Å². The van der Waals surface area contributed by atoms with Gasteiger partial charge in [0.1, 0.15) is 5.75 Å². The van der Waals surface area contributed by atoms with Gasteiger partial charge in [0, 0.05) is 6.42 Å². The summed E-state index contributed by atoms with van der Waals surface area (Å²) in [4.78, 5) is 11.2. The van der Waals surface area contributed by atoms with Crippen molar-refractivity contribution >= 4 is 14.3 Å². The van der Waals surface area contributed by atoms with E-state index in [1.54, 1.807) is 0 Å². The fourth-order valence-corrected chi connectivity index (χ4v) is 2.62. The first-order valence-electron chi connectivity index (χ1n) is 7.10. The molecule has 5 heteroatoms. The number of rotatable bonds is 5. The number of ether oxygens (including phenoxy) is 1. The zero-order valence-corrected chi connectivity index (χ0v) is 14.8. The molecule has 118 valence electrons. The molecule has 0 saturated heterocycles. The van der Waals surface area contributed by atoms with E-state index in [0.717, 1.165) is 11.3 Å². The number of esters is 1. The van der Waals surface area contributed by atoms with Gasteiger partial charge in [-0.3, -0.25) is 0 Å². The van der Waals surface area contributed by atoms with Crippen LogP contribution in [-0.2, 0) is 16.0 Å². The highest BCUT2D eigenvalue weighted by Gasteiger charge is 2.38. The van der Waals surface area contributed by atoms with E-state index in [9.17, 15) is 9.90 Å². The standard InChI is InChI=1S/C16H26O4Si/c1-16(2,3)21(5,6)20-13-9-7-12(8-10-13)11-14(17)15(18)19-4/h7-10,14,17H,11H2,1-6H3. The fraction of sp³-hybridized carbons (Fsp3) is 0.562. The molecule has 1 unspecified atom stereocenters. The van der Waals surface area contributed by atoms with E-state index in [1.807, 2.05) is 24.3 Å². The zero-order chi connectivity index (χ0) is 16.3. The molecule has 0 aliphatic heterocycles. The number of aliphatic hydroxyl groups excluding tert-OH is 1. The molecule has 0 aromatic heterocycles. The van der Waals surface area contributed by atoms with Gasteiger partial charge in [-0.15, -0.1) is 0 Å². The summed E-state index contributed by atoms with van der Waals surface area (Å²) in [7, 11) is -0.577. The van der Waals surface area contributed by atoms with Crippen LogP contribution in [0.25, 0.3) is 0 Å². The number of aliphatic hydroxyl groups is 1. The molecular weight excluding hydrogens is 284 g/mol. The highest BCUT2D eigenvalue weighted by Crippen LogP contribution is 2.37. The third-order valence-electron chi connectivity index (χ3n) is 4.00. The Morgan fingerprint density at radius 3 is 2.19 bits per heavy atom. The Morgan fingerprint density at radius 2 is 1.76 bits per heavy atom. The Balaban J connectivity index is 2.73. The Kier molecular flexibility index (Phi) is 5.59. The summed E-state index contributed by atoms with van der Waals surface area (Å²) in [5, 5.41) is 9.78. The van der Waals surface area contributed by atoms with E-state index in [-0.39, 0.29) is 11.5 Å². The highest BCUT2D eigenvalue weighted by molar-refractivity contribution is 6.74. The Hall–Kier alpha value is -1.33. The molecule has 0 spiro atoms. The first-order valence-corrected chi connectivity index (χ1v) is 10.0. The van der Waals surface area contributed by atoms with Crippen LogP contribution in [0.15, 0.2) is 24.3 Å². The zero-order valence-electron chi connectivity index (χ0n) is 13.8. The van der Waals surface area contributed by atoms with Gasteiger partial charge in [0.15, 0.2) is 6.10 Å². The van der Waals surface area contributed by atoms with E-state index in [0.29, 0.717) is 0 Å². The summed E-state index contributed by atoms with van der Waals surface area (Å²) >= 11 is 0. The maximum absolute atomic E-state index is 11.2. The number of carbonyl (C=O) groups is 1. The highest BCUT2D eigenvalue weighted by atomic mass is 28.4. The quantitative estimate of drug-likeness (QED) is 0.670. The lowest BCUT2D eigenvalue weighted by Crippen LogP contribution is -2.43. The second-order valence-corrected chi connectivity index (χ2v) is 11.5. The molecule has 1 rings (SSSR count). The van der Waals surface area contributed by atoms with Gasteiger partial charge in [-0.1, -0.05) is 32.9 Å². The van der Waals surface area contributed by atoms with Gasteiger partial charge in [-0.25, -0.2) is 4.79 Å². The van der Waals surface area contributed by atoms with Crippen molar-refractivity contribution < 1.29 is 19.1 Å². The molecule has 0 radical (unpaired) electrons. The minimum absolute atomic E-state index is 0.146. The van der Waals surface area contributed by atoms with Crippen LogP contribution in [-0.4, -0.2) is 32.6 Å². The van der Waals surface area contributed by atoms with Gasteiger partial charge in [0.05, 0.1) is 7.11 Å². The lowest BCUT2D eigenvalue weighted by atomic mass is 10.1. The number of methoxy groups -OCH3 is 1. The summed E-state index contributed by atoms with van der Waals surface area (Å²) in [6, 6.07) is 7.52. The Bertz CT molecular complexity index is 474. The molecule has 1 aromatic carbocycles. The van der Waals surface area contributed by atoms with Crippen LogP contribution in [0.1, 0.15) is 26.3 Å². The van der Waals surface area contributed by atoms with Gasteiger partial charge in [-0.05, 0) is 35.8 Å². The predicted molar refractivity (Wildman–Crippen MR) is 86.0 cm³/mol. The van der Waals surface area contributed by atoms with Crippen molar-refractivity contribution in [2.75, 3.05) is 7.11 Å². The molecule has 0 saturated carbocycles. The predicted octanol–water partition coefficient (Wildman–Crippen LogP) is 3.15. The van der Waals surface area contributed by atoms with Crippen LogP contribution in [0.5, 0.6) is 5.75 Å². The molecule has 0 amide bonds. The number of benzene rings is 1. The largest absolute Gasteiger partial charge is 0.544 e. The molecule has 1 N–H and O–H groups in total. The number of hydrogen-bond acceptors (Lipinski definition) is 4. The molecule has 0 aliphatic rings. The smallest absolute Gasteiger partial charge is 0.335 e.